The van der Waals surface area contributed by atoms with Gasteiger partial charge in [-0.3, -0.25) is 0 Å². The highest BCUT2D eigenvalue weighted by atomic mass is 15.2. The van der Waals surface area contributed by atoms with Crippen LogP contribution < -0.4 is 10.2 Å². The molecule has 19 heavy (non-hydrogen) atoms. The Kier molecular flexibility index (Phi) is 5.00. The van der Waals surface area contributed by atoms with E-state index < -0.39 is 0 Å². The van der Waals surface area contributed by atoms with Gasteiger partial charge in [0.2, 0.25) is 0 Å². The van der Waals surface area contributed by atoms with Crippen molar-refractivity contribution in [1.29, 1.82) is 0 Å². The third-order valence-electron chi connectivity index (χ3n) is 3.69. The zero-order valence-electron chi connectivity index (χ0n) is 12.4. The van der Waals surface area contributed by atoms with Crippen LogP contribution in [-0.2, 0) is 6.42 Å². The molecular formula is C15H26N4. The molecule has 1 N–H and O–H groups in total. The molecule has 1 aliphatic rings. The molecule has 4 heteroatoms. The van der Waals surface area contributed by atoms with Crippen molar-refractivity contribution in [3.63, 3.8) is 0 Å². The first kappa shape index (κ1) is 14.1. The number of aromatic nitrogens is 2. The van der Waals surface area contributed by atoms with E-state index in [0.29, 0.717) is 6.04 Å². The number of nitrogens with one attached hydrogen (secondary N) is 1. The van der Waals surface area contributed by atoms with Gasteiger partial charge >= 0.3 is 0 Å². The third-order valence-corrected chi connectivity index (χ3v) is 3.69. The molecule has 0 saturated carbocycles. The highest BCUT2D eigenvalue weighted by Crippen LogP contribution is 2.24. The van der Waals surface area contributed by atoms with Gasteiger partial charge in [0.25, 0.3) is 0 Å². The van der Waals surface area contributed by atoms with Gasteiger partial charge in [-0.1, -0.05) is 6.92 Å². The van der Waals surface area contributed by atoms with Crippen LogP contribution in [0.5, 0.6) is 0 Å². The van der Waals surface area contributed by atoms with Crippen LogP contribution >= 0.6 is 0 Å². The molecule has 1 fully saturated rings. The number of nitrogens with zero attached hydrogens (tertiary/aromatic N) is 3. The number of hydrogen-bond acceptors (Lipinski definition) is 4. The Labute approximate surface area is 116 Å². The number of anilines is 2. The molecule has 0 aromatic carbocycles. The minimum absolute atomic E-state index is 0.590. The van der Waals surface area contributed by atoms with Gasteiger partial charge in [0, 0.05) is 31.6 Å². The molecule has 0 amide bonds. The second-order valence-electron chi connectivity index (χ2n) is 5.35. The van der Waals surface area contributed by atoms with E-state index in [1.54, 1.807) is 0 Å². The van der Waals surface area contributed by atoms with E-state index >= 15 is 0 Å². The monoisotopic (exact) mass is 262 g/mol. The summed E-state index contributed by atoms with van der Waals surface area (Å²) >= 11 is 0. The van der Waals surface area contributed by atoms with Gasteiger partial charge in [-0.2, -0.15) is 0 Å². The summed E-state index contributed by atoms with van der Waals surface area (Å²) < 4.78 is 0. The predicted molar refractivity (Wildman–Crippen MR) is 80.8 cm³/mol. The Morgan fingerprint density at radius 1 is 1.32 bits per heavy atom. The summed E-state index contributed by atoms with van der Waals surface area (Å²) in [5.41, 5.74) is 0. The molecular weight excluding hydrogens is 236 g/mol. The van der Waals surface area contributed by atoms with E-state index in [1.807, 2.05) is 0 Å². The lowest BCUT2D eigenvalue weighted by Gasteiger charge is -2.34. The van der Waals surface area contributed by atoms with Gasteiger partial charge in [-0.25, -0.2) is 9.97 Å². The van der Waals surface area contributed by atoms with Gasteiger partial charge in [-0.15, -0.1) is 0 Å². The summed E-state index contributed by atoms with van der Waals surface area (Å²) in [6, 6.07) is 2.69. The number of piperidine rings is 1. The predicted octanol–water partition coefficient (Wildman–Crippen LogP) is 3.24. The molecule has 0 spiro atoms. The van der Waals surface area contributed by atoms with E-state index in [9.17, 15) is 0 Å². The molecule has 2 rings (SSSR count). The molecule has 1 atom stereocenters. The minimum Gasteiger partial charge on any atom is -0.370 e. The van der Waals surface area contributed by atoms with Crippen molar-refractivity contribution < 1.29 is 0 Å². The molecule has 0 radical (unpaired) electrons. The highest BCUT2D eigenvalue weighted by Gasteiger charge is 2.20. The van der Waals surface area contributed by atoms with E-state index in [1.165, 1.54) is 19.3 Å². The summed E-state index contributed by atoms with van der Waals surface area (Å²) in [6.07, 6.45) is 5.92. The van der Waals surface area contributed by atoms with Crippen LogP contribution in [0, 0.1) is 0 Å². The molecule has 1 unspecified atom stereocenters. The maximum Gasteiger partial charge on any atom is 0.134 e. The van der Waals surface area contributed by atoms with Crippen LogP contribution in [-0.4, -0.2) is 29.1 Å². The molecule has 106 valence electrons. The Hall–Kier alpha value is -1.32. The van der Waals surface area contributed by atoms with Crippen LogP contribution in [0.3, 0.4) is 0 Å². The van der Waals surface area contributed by atoms with Crippen molar-refractivity contribution in [3.05, 3.63) is 11.9 Å². The lowest BCUT2D eigenvalue weighted by atomic mass is 10.0. The molecule has 1 aromatic heterocycles. The van der Waals surface area contributed by atoms with Crippen molar-refractivity contribution in [2.45, 2.75) is 58.9 Å². The minimum atomic E-state index is 0.590. The number of aryl methyl sites for hydroxylation is 1. The summed E-state index contributed by atoms with van der Waals surface area (Å²) in [6.45, 7) is 8.60. The Morgan fingerprint density at radius 3 is 2.84 bits per heavy atom. The van der Waals surface area contributed by atoms with Gasteiger partial charge < -0.3 is 10.2 Å². The van der Waals surface area contributed by atoms with Crippen LogP contribution in [0.1, 0.15) is 52.3 Å². The smallest absolute Gasteiger partial charge is 0.134 e. The SMILES string of the molecule is CCCc1nc(NCC)cc(N2CCCCC2C)n1. The standard InChI is InChI=1S/C15H26N4/c1-4-8-13-17-14(16-5-2)11-15(18-13)19-10-7-6-9-12(19)3/h11-12H,4-10H2,1-3H3,(H,16,17,18). The van der Waals surface area contributed by atoms with Gasteiger partial charge in [-0.05, 0) is 39.5 Å². The van der Waals surface area contributed by atoms with Crippen molar-refractivity contribution in [2.75, 3.05) is 23.3 Å². The number of hydrogen-bond donors (Lipinski definition) is 1. The van der Waals surface area contributed by atoms with Gasteiger partial charge in [0.05, 0.1) is 0 Å². The quantitative estimate of drug-likeness (QED) is 0.884. The molecule has 1 aromatic rings. The Morgan fingerprint density at radius 2 is 2.16 bits per heavy atom. The lowest BCUT2D eigenvalue weighted by molar-refractivity contribution is 0.480. The van der Waals surface area contributed by atoms with Crippen molar-refractivity contribution in [3.8, 4) is 0 Å². The third kappa shape index (κ3) is 3.58. The zero-order chi connectivity index (χ0) is 13.7. The average molecular weight is 262 g/mol. The van der Waals surface area contributed by atoms with Gasteiger partial charge in [0.1, 0.15) is 17.5 Å². The van der Waals surface area contributed by atoms with Crippen LogP contribution in [0.2, 0.25) is 0 Å². The molecule has 1 saturated heterocycles. The van der Waals surface area contributed by atoms with E-state index in [4.69, 9.17) is 4.98 Å². The topological polar surface area (TPSA) is 41.1 Å². The largest absolute Gasteiger partial charge is 0.370 e. The first-order valence-corrected chi connectivity index (χ1v) is 7.63. The van der Waals surface area contributed by atoms with Crippen molar-refractivity contribution >= 4 is 11.6 Å². The molecule has 2 heterocycles. The first-order chi connectivity index (χ1) is 9.24. The Balaban J connectivity index is 2.26. The van der Waals surface area contributed by atoms with E-state index in [-0.39, 0.29) is 0 Å². The van der Waals surface area contributed by atoms with Crippen LogP contribution in [0.15, 0.2) is 6.07 Å². The first-order valence-electron chi connectivity index (χ1n) is 7.63. The maximum absolute atomic E-state index is 4.75. The average Bonchev–Trinajstić information content (AvgIpc) is 2.40. The fraction of sp³-hybridized carbons (Fsp3) is 0.733. The summed E-state index contributed by atoms with van der Waals surface area (Å²) in [5.74, 6) is 3.03. The van der Waals surface area contributed by atoms with E-state index in [2.05, 4.69) is 42.0 Å². The molecule has 1 aliphatic heterocycles. The fourth-order valence-corrected chi connectivity index (χ4v) is 2.68. The summed E-state index contributed by atoms with van der Waals surface area (Å²) in [7, 11) is 0. The summed E-state index contributed by atoms with van der Waals surface area (Å²) in [4.78, 5) is 11.8. The normalized spacial score (nSPS) is 19.5. The maximum atomic E-state index is 4.75. The molecule has 0 aliphatic carbocycles. The van der Waals surface area contributed by atoms with Crippen molar-refractivity contribution in [2.24, 2.45) is 0 Å². The number of rotatable bonds is 5. The van der Waals surface area contributed by atoms with E-state index in [0.717, 1.165) is 43.4 Å². The molecule has 4 nitrogen and oxygen atoms in total. The fourth-order valence-electron chi connectivity index (χ4n) is 2.68. The highest BCUT2D eigenvalue weighted by molar-refractivity contribution is 5.50. The van der Waals surface area contributed by atoms with Crippen LogP contribution in [0.25, 0.3) is 0 Å². The second kappa shape index (κ2) is 6.73. The van der Waals surface area contributed by atoms with Crippen molar-refractivity contribution in [1.82, 2.24) is 9.97 Å². The Bertz CT molecular complexity index is 381. The lowest BCUT2D eigenvalue weighted by Crippen LogP contribution is -2.38. The van der Waals surface area contributed by atoms with Crippen LogP contribution in [0.4, 0.5) is 11.6 Å². The second-order valence-corrected chi connectivity index (χ2v) is 5.35. The zero-order valence-corrected chi connectivity index (χ0v) is 12.4. The van der Waals surface area contributed by atoms with Gasteiger partial charge in [0.15, 0.2) is 0 Å². The summed E-state index contributed by atoms with van der Waals surface area (Å²) in [5, 5.41) is 3.32. The molecule has 0 bridgehead atoms.